The van der Waals surface area contributed by atoms with Gasteiger partial charge in [-0.05, 0) is 59.0 Å². The minimum atomic E-state index is -0.984. The molecule has 0 radical (unpaired) electrons. The molecule has 3 aromatic carbocycles. The van der Waals surface area contributed by atoms with Crippen LogP contribution >= 0.6 is 23.2 Å². The summed E-state index contributed by atoms with van der Waals surface area (Å²) >= 11 is 12.3. The van der Waals surface area contributed by atoms with E-state index in [0.29, 0.717) is 38.2 Å². The molecule has 212 valence electrons. The van der Waals surface area contributed by atoms with Gasteiger partial charge < -0.3 is 15.7 Å². The van der Waals surface area contributed by atoms with Crippen LogP contribution < -0.4 is 10.6 Å². The van der Waals surface area contributed by atoms with E-state index < -0.39 is 5.97 Å². The average molecular weight is 594 g/mol. The van der Waals surface area contributed by atoms with E-state index in [1.807, 2.05) is 24.3 Å². The highest BCUT2D eigenvalue weighted by Gasteiger charge is 2.19. The molecule has 2 amide bonds. The van der Waals surface area contributed by atoms with Crippen LogP contribution in [0.25, 0.3) is 11.3 Å². The number of nitrogens with zero attached hydrogens (tertiary/aromatic N) is 2. The Balaban J connectivity index is 1.59. The van der Waals surface area contributed by atoms with Gasteiger partial charge in [-0.25, -0.2) is 0 Å². The van der Waals surface area contributed by atoms with Gasteiger partial charge in [0.2, 0.25) is 0 Å². The molecule has 1 aromatic heterocycles. The number of nitrogens with one attached hydrogen (secondary N) is 2. The quantitative estimate of drug-likeness (QED) is 0.201. The molecule has 10 heteroatoms. The predicted octanol–water partition coefficient (Wildman–Crippen LogP) is 6.66. The maximum Gasteiger partial charge on any atom is 0.305 e. The lowest BCUT2D eigenvalue weighted by atomic mass is 9.87. The standard InChI is InChI=1S/C31H30Cl2N4O4/c1-31(2,3)22-9-11-23(12-10-22)35-30(41)27-17-26(21-8-13-24(32)25(33)16-21)36-37(27)18-19-4-6-20(7-5-19)29(40)34-15-14-28(38)39/h4-13,16-17H,14-15,18H2,1-3H3,(H,34,40)(H,35,41)(H,38,39). The summed E-state index contributed by atoms with van der Waals surface area (Å²) in [5, 5.41) is 19.8. The number of rotatable bonds is 9. The number of aromatic nitrogens is 2. The number of carbonyl (C=O) groups is 3. The highest BCUT2D eigenvalue weighted by atomic mass is 35.5. The van der Waals surface area contributed by atoms with Gasteiger partial charge >= 0.3 is 5.97 Å². The smallest absolute Gasteiger partial charge is 0.305 e. The summed E-state index contributed by atoms with van der Waals surface area (Å²) < 4.78 is 1.60. The normalized spacial score (nSPS) is 11.2. The Morgan fingerprint density at radius 2 is 1.56 bits per heavy atom. The van der Waals surface area contributed by atoms with E-state index in [0.717, 1.165) is 11.1 Å². The summed E-state index contributed by atoms with van der Waals surface area (Å²) in [4.78, 5) is 36.4. The molecule has 4 rings (SSSR count). The van der Waals surface area contributed by atoms with E-state index >= 15 is 0 Å². The number of benzene rings is 3. The van der Waals surface area contributed by atoms with Crippen molar-refractivity contribution in [3.8, 4) is 11.3 Å². The molecule has 1 heterocycles. The Morgan fingerprint density at radius 1 is 0.878 bits per heavy atom. The number of carbonyl (C=O) groups excluding carboxylic acids is 2. The second kappa shape index (κ2) is 12.6. The van der Waals surface area contributed by atoms with Crippen molar-refractivity contribution in [2.45, 2.75) is 39.2 Å². The van der Waals surface area contributed by atoms with E-state index in [-0.39, 0.29) is 36.7 Å². The largest absolute Gasteiger partial charge is 0.481 e. The Labute approximate surface area is 248 Å². The zero-order valence-corrected chi connectivity index (χ0v) is 24.4. The monoisotopic (exact) mass is 592 g/mol. The van der Waals surface area contributed by atoms with Crippen LogP contribution in [-0.4, -0.2) is 39.2 Å². The number of carboxylic acids is 1. The van der Waals surface area contributed by atoms with Gasteiger partial charge in [-0.2, -0.15) is 5.10 Å². The van der Waals surface area contributed by atoms with Crippen molar-refractivity contribution in [3.63, 3.8) is 0 Å². The molecule has 0 aliphatic carbocycles. The first-order valence-corrected chi connectivity index (χ1v) is 13.7. The molecular weight excluding hydrogens is 563 g/mol. The Hall–Kier alpha value is -4.14. The van der Waals surface area contributed by atoms with Gasteiger partial charge in [0.1, 0.15) is 5.69 Å². The van der Waals surface area contributed by atoms with Crippen molar-refractivity contribution >= 4 is 46.7 Å². The number of amides is 2. The molecule has 0 saturated heterocycles. The first kappa shape index (κ1) is 29.8. The SMILES string of the molecule is CC(C)(C)c1ccc(NC(=O)c2cc(-c3ccc(Cl)c(Cl)c3)nn2Cc2ccc(C(=O)NCCC(=O)O)cc2)cc1. The Morgan fingerprint density at radius 3 is 2.17 bits per heavy atom. The Kier molecular flexibility index (Phi) is 9.15. The minimum absolute atomic E-state index is 0.00932. The molecule has 0 spiro atoms. The Bertz CT molecular complexity index is 1570. The zero-order chi connectivity index (χ0) is 29.7. The highest BCUT2D eigenvalue weighted by Crippen LogP contribution is 2.29. The molecule has 0 atom stereocenters. The molecule has 0 unspecified atom stereocenters. The van der Waals surface area contributed by atoms with Crippen molar-refractivity contribution < 1.29 is 19.5 Å². The van der Waals surface area contributed by atoms with Crippen molar-refractivity contribution in [2.75, 3.05) is 11.9 Å². The van der Waals surface area contributed by atoms with Crippen molar-refractivity contribution in [1.29, 1.82) is 0 Å². The summed E-state index contributed by atoms with van der Waals surface area (Å²) in [7, 11) is 0. The van der Waals surface area contributed by atoms with E-state index in [1.54, 1.807) is 53.2 Å². The summed E-state index contributed by atoms with van der Waals surface area (Å²) in [6.07, 6.45) is -0.157. The molecule has 4 aromatic rings. The average Bonchev–Trinajstić information content (AvgIpc) is 3.34. The summed E-state index contributed by atoms with van der Waals surface area (Å²) in [6.45, 7) is 6.68. The van der Waals surface area contributed by atoms with Gasteiger partial charge in [-0.1, -0.05) is 74.3 Å². The lowest BCUT2D eigenvalue weighted by Gasteiger charge is -2.19. The topological polar surface area (TPSA) is 113 Å². The van der Waals surface area contributed by atoms with Crippen LogP contribution in [-0.2, 0) is 16.8 Å². The van der Waals surface area contributed by atoms with E-state index in [1.165, 1.54) is 0 Å². The van der Waals surface area contributed by atoms with Crippen molar-refractivity contribution in [3.05, 3.63) is 105 Å². The van der Waals surface area contributed by atoms with Crippen LogP contribution in [0.3, 0.4) is 0 Å². The van der Waals surface area contributed by atoms with Gasteiger partial charge in [0.25, 0.3) is 11.8 Å². The van der Waals surface area contributed by atoms with Crippen molar-refractivity contribution in [2.24, 2.45) is 0 Å². The maximum absolute atomic E-state index is 13.5. The molecule has 8 nitrogen and oxygen atoms in total. The number of carboxylic acid groups (broad SMARTS) is 1. The van der Waals surface area contributed by atoms with Crippen LogP contribution in [0.1, 0.15) is 59.2 Å². The molecule has 0 aliphatic heterocycles. The highest BCUT2D eigenvalue weighted by molar-refractivity contribution is 6.42. The number of anilines is 1. The fourth-order valence-electron chi connectivity index (χ4n) is 4.08. The van der Waals surface area contributed by atoms with Crippen LogP contribution in [0.4, 0.5) is 5.69 Å². The summed E-state index contributed by atoms with van der Waals surface area (Å²) in [6, 6.07) is 21.4. The number of hydrogen-bond donors (Lipinski definition) is 3. The van der Waals surface area contributed by atoms with Crippen LogP contribution in [0.15, 0.2) is 72.8 Å². The predicted molar refractivity (Wildman–Crippen MR) is 161 cm³/mol. The van der Waals surface area contributed by atoms with Gasteiger partial charge in [-0.3, -0.25) is 19.1 Å². The van der Waals surface area contributed by atoms with E-state index in [4.69, 9.17) is 28.3 Å². The second-order valence-electron chi connectivity index (χ2n) is 10.6. The maximum atomic E-state index is 13.5. The van der Waals surface area contributed by atoms with E-state index in [9.17, 15) is 14.4 Å². The number of halogens is 2. The van der Waals surface area contributed by atoms with Crippen LogP contribution in [0.2, 0.25) is 10.0 Å². The van der Waals surface area contributed by atoms with Gasteiger partial charge in [0.15, 0.2) is 0 Å². The molecule has 0 saturated carbocycles. The first-order valence-electron chi connectivity index (χ1n) is 12.9. The van der Waals surface area contributed by atoms with Crippen LogP contribution in [0, 0.1) is 0 Å². The van der Waals surface area contributed by atoms with E-state index in [2.05, 4.69) is 36.5 Å². The van der Waals surface area contributed by atoms with Gasteiger partial charge in [-0.15, -0.1) is 0 Å². The fourth-order valence-corrected chi connectivity index (χ4v) is 4.38. The zero-order valence-electron chi connectivity index (χ0n) is 22.9. The third kappa shape index (κ3) is 7.74. The summed E-state index contributed by atoms with van der Waals surface area (Å²) in [5.41, 5.74) is 4.59. The molecule has 0 aliphatic rings. The second-order valence-corrected chi connectivity index (χ2v) is 11.4. The molecule has 0 bridgehead atoms. The molecule has 41 heavy (non-hydrogen) atoms. The minimum Gasteiger partial charge on any atom is -0.481 e. The van der Waals surface area contributed by atoms with Crippen molar-refractivity contribution in [1.82, 2.24) is 15.1 Å². The van der Waals surface area contributed by atoms with Gasteiger partial charge in [0, 0.05) is 23.4 Å². The lowest BCUT2D eigenvalue weighted by Crippen LogP contribution is -2.26. The number of aliphatic carboxylic acids is 1. The van der Waals surface area contributed by atoms with Gasteiger partial charge in [0.05, 0.1) is 28.7 Å². The summed E-state index contributed by atoms with van der Waals surface area (Å²) in [5.74, 6) is -1.68. The molecule has 0 fully saturated rings. The number of hydrogen-bond acceptors (Lipinski definition) is 4. The third-order valence-electron chi connectivity index (χ3n) is 6.41. The fraction of sp³-hybridized carbons (Fsp3) is 0.226. The first-order chi connectivity index (χ1) is 19.4. The molecule has 3 N–H and O–H groups in total. The third-order valence-corrected chi connectivity index (χ3v) is 7.15. The lowest BCUT2D eigenvalue weighted by molar-refractivity contribution is -0.136. The molecular formula is C31H30Cl2N4O4. The van der Waals surface area contributed by atoms with Crippen LogP contribution in [0.5, 0.6) is 0 Å².